The Bertz CT molecular complexity index is 1680. The quantitative estimate of drug-likeness (QED) is 0.269. The van der Waals surface area contributed by atoms with E-state index in [0.717, 1.165) is 29.2 Å². The van der Waals surface area contributed by atoms with E-state index in [1.54, 1.807) is 31.2 Å². The number of thiazole rings is 1. The third-order valence-corrected chi connectivity index (χ3v) is 6.97. The molecule has 6 nitrogen and oxygen atoms in total. The van der Waals surface area contributed by atoms with Crippen LogP contribution in [-0.4, -0.2) is 24.7 Å². The lowest BCUT2D eigenvalue weighted by Crippen LogP contribution is -2.17. The molecule has 0 unspecified atom stereocenters. The zero-order chi connectivity index (χ0) is 24.4. The van der Waals surface area contributed by atoms with Crippen LogP contribution in [0.3, 0.4) is 0 Å². The van der Waals surface area contributed by atoms with E-state index in [2.05, 4.69) is 20.1 Å². The maximum absolute atomic E-state index is 13.4. The van der Waals surface area contributed by atoms with E-state index >= 15 is 0 Å². The van der Waals surface area contributed by atoms with Crippen molar-refractivity contribution in [3.8, 4) is 16.4 Å². The van der Waals surface area contributed by atoms with Crippen LogP contribution >= 0.6 is 34.5 Å². The van der Waals surface area contributed by atoms with Gasteiger partial charge in [0, 0.05) is 11.9 Å². The maximum atomic E-state index is 13.4. The summed E-state index contributed by atoms with van der Waals surface area (Å²) in [6.45, 7) is 3.64. The van der Waals surface area contributed by atoms with Crippen molar-refractivity contribution < 1.29 is 13.2 Å². The van der Waals surface area contributed by atoms with Gasteiger partial charge in [0.05, 0.1) is 31.5 Å². The Labute approximate surface area is 203 Å². The molecule has 4 aromatic heterocycles. The van der Waals surface area contributed by atoms with Crippen LogP contribution < -0.4 is 5.43 Å². The molecule has 0 bridgehead atoms. The average molecular weight is 522 g/mol. The first-order valence-corrected chi connectivity index (χ1v) is 11.3. The molecule has 0 aliphatic carbocycles. The Morgan fingerprint density at radius 2 is 1.79 bits per heavy atom. The van der Waals surface area contributed by atoms with E-state index < -0.39 is 17.3 Å². The molecule has 0 N–H and O–H groups in total. The van der Waals surface area contributed by atoms with Gasteiger partial charge in [-0.05, 0) is 49.7 Å². The highest BCUT2D eigenvalue weighted by molar-refractivity contribution is 7.21. The molecular weight excluding hydrogens is 510 g/mol. The second-order valence-corrected chi connectivity index (χ2v) is 9.35. The molecule has 5 rings (SSSR count). The fraction of sp³-hybridized carbons (Fsp3) is 0.136. The average Bonchev–Trinajstić information content (AvgIpc) is 3.20. The van der Waals surface area contributed by atoms with Gasteiger partial charge in [0.1, 0.15) is 16.2 Å². The molecule has 4 heterocycles. The summed E-state index contributed by atoms with van der Waals surface area (Å²) in [6, 6.07) is 7.51. The fourth-order valence-corrected chi connectivity index (χ4v) is 4.56. The number of hydrogen-bond acceptors (Lipinski definition) is 6. The molecule has 0 radical (unpaired) electrons. The van der Waals surface area contributed by atoms with Crippen LogP contribution in [-0.2, 0) is 6.18 Å². The van der Waals surface area contributed by atoms with Gasteiger partial charge >= 0.3 is 6.18 Å². The van der Waals surface area contributed by atoms with Gasteiger partial charge in [-0.3, -0.25) is 9.78 Å². The van der Waals surface area contributed by atoms with E-state index in [1.807, 2.05) is 6.92 Å². The van der Waals surface area contributed by atoms with Gasteiger partial charge in [-0.1, -0.05) is 23.2 Å². The summed E-state index contributed by atoms with van der Waals surface area (Å²) < 4.78 is 41.1. The third-order valence-electron chi connectivity index (χ3n) is 5.22. The van der Waals surface area contributed by atoms with Gasteiger partial charge < -0.3 is 0 Å². The summed E-state index contributed by atoms with van der Waals surface area (Å²) >= 11 is 13.3. The normalized spacial score (nSPS) is 12.1. The predicted molar refractivity (Wildman–Crippen MR) is 126 cm³/mol. The third kappa shape index (κ3) is 3.81. The lowest BCUT2D eigenvalue weighted by Gasteiger charge is -2.13. The molecule has 1 aromatic carbocycles. The number of aryl methyl sites for hydroxylation is 2. The molecule has 0 atom stereocenters. The van der Waals surface area contributed by atoms with Crippen molar-refractivity contribution in [2.24, 2.45) is 0 Å². The number of hydrogen-bond donors (Lipinski definition) is 0. The molecule has 0 aliphatic rings. The van der Waals surface area contributed by atoms with Crippen LogP contribution in [0.25, 0.3) is 37.6 Å². The summed E-state index contributed by atoms with van der Waals surface area (Å²) in [5.74, 6) is 0. The van der Waals surface area contributed by atoms with Crippen molar-refractivity contribution in [3.05, 3.63) is 73.7 Å². The van der Waals surface area contributed by atoms with Crippen LogP contribution in [0.5, 0.6) is 0 Å². The molecule has 5 aromatic rings. The van der Waals surface area contributed by atoms with Crippen molar-refractivity contribution in [3.63, 3.8) is 0 Å². The molecule has 0 aliphatic heterocycles. The number of fused-ring (bicyclic) bond motifs is 2. The first-order valence-electron chi connectivity index (χ1n) is 9.74. The van der Waals surface area contributed by atoms with E-state index in [0.29, 0.717) is 26.6 Å². The first kappa shape index (κ1) is 22.7. The van der Waals surface area contributed by atoms with Crippen molar-refractivity contribution in [2.75, 3.05) is 0 Å². The molecule has 34 heavy (non-hydrogen) atoms. The molecule has 0 spiro atoms. The van der Waals surface area contributed by atoms with Crippen LogP contribution in [0.2, 0.25) is 10.0 Å². The number of nitrogens with zero attached hydrogens (tertiary/aromatic N) is 5. The summed E-state index contributed by atoms with van der Waals surface area (Å²) in [6.07, 6.45) is -3.53. The maximum Gasteiger partial charge on any atom is 0.433 e. The molecular formula is C22H12Cl2F3N5OS. The Morgan fingerprint density at radius 3 is 2.50 bits per heavy atom. The Kier molecular flexibility index (Phi) is 5.34. The predicted octanol–water partition coefficient (Wildman–Crippen LogP) is 6.39. The highest BCUT2D eigenvalue weighted by Crippen LogP contribution is 2.33. The number of alkyl halides is 3. The molecule has 0 amide bonds. The van der Waals surface area contributed by atoms with Gasteiger partial charge in [-0.2, -0.15) is 18.3 Å². The Morgan fingerprint density at radius 1 is 1.03 bits per heavy atom. The molecule has 0 saturated heterocycles. The Hall–Kier alpha value is -3.08. The minimum Gasteiger partial charge on any atom is -0.285 e. The highest BCUT2D eigenvalue weighted by Gasteiger charge is 2.33. The van der Waals surface area contributed by atoms with Crippen LogP contribution in [0.4, 0.5) is 13.2 Å². The lowest BCUT2D eigenvalue weighted by atomic mass is 10.2. The van der Waals surface area contributed by atoms with Gasteiger partial charge in [-0.15, -0.1) is 11.3 Å². The monoisotopic (exact) mass is 521 g/mol. The summed E-state index contributed by atoms with van der Waals surface area (Å²) in [4.78, 5) is 25.6. The molecule has 0 fully saturated rings. The first-order chi connectivity index (χ1) is 16.0. The summed E-state index contributed by atoms with van der Waals surface area (Å²) in [5.41, 5.74) is 1.08. The van der Waals surface area contributed by atoms with E-state index in [1.165, 1.54) is 4.68 Å². The smallest absolute Gasteiger partial charge is 0.285 e. The van der Waals surface area contributed by atoms with Crippen LogP contribution in [0.1, 0.15) is 17.0 Å². The SMILES string of the molecule is Cc1cc2c(nc1C)c(=O)c(-c1nc3cc(C(F)(F)F)ncc3s1)nn2-c1ccc(Cl)c(Cl)c1. The number of aromatic nitrogens is 5. The summed E-state index contributed by atoms with van der Waals surface area (Å²) in [5, 5.41) is 5.30. The number of halogens is 5. The zero-order valence-corrected chi connectivity index (χ0v) is 19.7. The van der Waals surface area contributed by atoms with Crippen LogP contribution in [0.15, 0.2) is 41.3 Å². The lowest BCUT2D eigenvalue weighted by molar-refractivity contribution is -0.141. The molecule has 0 saturated carbocycles. The van der Waals surface area contributed by atoms with Gasteiger partial charge in [0.2, 0.25) is 5.43 Å². The second kappa shape index (κ2) is 8.00. The van der Waals surface area contributed by atoms with Gasteiger partial charge in [-0.25, -0.2) is 14.6 Å². The molecule has 12 heteroatoms. The fourth-order valence-electron chi connectivity index (χ4n) is 3.38. The second-order valence-electron chi connectivity index (χ2n) is 7.50. The van der Waals surface area contributed by atoms with Gasteiger partial charge in [0.15, 0.2) is 5.69 Å². The van der Waals surface area contributed by atoms with E-state index in [-0.39, 0.29) is 26.8 Å². The topological polar surface area (TPSA) is 73.6 Å². The highest BCUT2D eigenvalue weighted by atomic mass is 35.5. The minimum absolute atomic E-state index is 0.0518. The molecule has 172 valence electrons. The Balaban J connectivity index is 1.81. The van der Waals surface area contributed by atoms with E-state index in [4.69, 9.17) is 23.2 Å². The van der Waals surface area contributed by atoms with E-state index in [9.17, 15) is 18.0 Å². The minimum atomic E-state index is -4.61. The standard InChI is InChI=1S/C22H12Cl2F3N5OS/c1-9-5-15-18(29-10(9)2)20(33)19(31-32(15)11-3-4-12(23)13(24)6-11)21-30-14-7-17(22(25,26)27)28-8-16(14)34-21/h3-8H,1-2H3. The van der Waals surface area contributed by atoms with Crippen molar-refractivity contribution >= 4 is 55.8 Å². The summed E-state index contributed by atoms with van der Waals surface area (Å²) in [7, 11) is 0. The zero-order valence-electron chi connectivity index (χ0n) is 17.4. The van der Waals surface area contributed by atoms with Crippen molar-refractivity contribution in [1.82, 2.24) is 24.7 Å². The largest absolute Gasteiger partial charge is 0.433 e. The van der Waals surface area contributed by atoms with Gasteiger partial charge in [0.25, 0.3) is 0 Å². The van der Waals surface area contributed by atoms with Crippen molar-refractivity contribution in [2.45, 2.75) is 20.0 Å². The van der Waals surface area contributed by atoms with Crippen molar-refractivity contribution in [1.29, 1.82) is 0 Å². The number of pyridine rings is 2. The van der Waals surface area contributed by atoms with Crippen LogP contribution in [0, 0.1) is 13.8 Å². The number of benzene rings is 1. The number of rotatable bonds is 2.